The van der Waals surface area contributed by atoms with E-state index in [1.807, 2.05) is 13.8 Å². The molecule has 0 fully saturated rings. The van der Waals surface area contributed by atoms with Gasteiger partial charge in [-0.05, 0) is 44.5 Å². The third-order valence-corrected chi connectivity index (χ3v) is 3.86. The van der Waals surface area contributed by atoms with E-state index in [0.29, 0.717) is 12.3 Å². The summed E-state index contributed by atoms with van der Waals surface area (Å²) in [6.07, 6.45) is 0.0910. The van der Waals surface area contributed by atoms with Crippen molar-refractivity contribution in [2.24, 2.45) is 0 Å². The third-order valence-electron chi connectivity index (χ3n) is 2.40. The molecule has 5 nitrogen and oxygen atoms in total. The van der Waals surface area contributed by atoms with Crippen LogP contribution in [0, 0.1) is 6.92 Å². The van der Waals surface area contributed by atoms with Gasteiger partial charge in [-0.3, -0.25) is 0 Å². The smallest absolute Gasteiger partial charge is 0.240 e. The maximum Gasteiger partial charge on any atom is 0.240 e. The summed E-state index contributed by atoms with van der Waals surface area (Å²) < 4.78 is 31.6. The summed E-state index contributed by atoms with van der Waals surface area (Å²) >= 11 is 0. The number of hydrogen-bond donors (Lipinski definition) is 2. The number of anilines is 1. The molecular formula is C12H20N2O3S. The number of aryl methyl sites for hydroxylation is 1. The lowest BCUT2D eigenvalue weighted by atomic mass is 10.2. The van der Waals surface area contributed by atoms with Gasteiger partial charge < -0.3 is 10.5 Å². The van der Waals surface area contributed by atoms with E-state index in [9.17, 15) is 8.42 Å². The van der Waals surface area contributed by atoms with Gasteiger partial charge in [-0.15, -0.1) is 0 Å². The van der Waals surface area contributed by atoms with Crippen LogP contribution in [0.4, 0.5) is 5.69 Å². The van der Waals surface area contributed by atoms with Crippen molar-refractivity contribution in [2.45, 2.75) is 31.8 Å². The van der Waals surface area contributed by atoms with Crippen molar-refractivity contribution in [3.63, 3.8) is 0 Å². The number of benzene rings is 1. The first-order valence-corrected chi connectivity index (χ1v) is 7.28. The molecular weight excluding hydrogens is 252 g/mol. The van der Waals surface area contributed by atoms with Crippen molar-refractivity contribution >= 4 is 15.7 Å². The molecule has 18 heavy (non-hydrogen) atoms. The predicted molar refractivity (Wildman–Crippen MR) is 71.9 cm³/mol. The molecule has 0 aromatic heterocycles. The molecule has 3 N–H and O–H groups in total. The van der Waals surface area contributed by atoms with Crippen molar-refractivity contribution in [3.8, 4) is 0 Å². The molecule has 0 bridgehead atoms. The van der Waals surface area contributed by atoms with Crippen molar-refractivity contribution in [2.75, 3.05) is 18.9 Å². The van der Waals surface area contributed by atoms with Crippen LogP contribution in [0.3, 0.4) is 0 Å². The average Bonchev–Trinajstić information content (AvgIpc) is 2.28. The molecule has 0 aliphatic carbocycles. The molecule has 0 aliphatic rings. The number of ether oxygens (including phenoxy) is 1. The second-order valence-corrected chi connectivity index (χ2v) is 6.10. The molecule has 0 spiro atoms. The number of nitrogens with two attached hydrogens (primary N) is 1. The first-order chi connectivity index (χ1) is 8.33. The molecule has 0 unspecified atom stereocenters. The monoisotopic (exact) mass is 272 g/mol. The maximum atomic E-state index is 11.9. The summed E-state index contributed by atoms with van der Waals surface area (Å²) in [5, 5.41) is 0. The van der Waals surface area contributed by atoms with E-state index < -0.39 is 10.0 Å². The predicted octanol–water partition coefficient (Wildman–Crippen LogP) is 1.28. The number of hydrogen-bond acceptors (Lipinski definition) is 4. The number of nitrogens with one attached hydrogen (secondary N) is 1. The Labute approximate surface area is 108 Å². The van der Waals surface area contributed by atoms with Gasteiger partial charge in [-0.2, -0.15) is 0 Å². The van der Waals surface area contributed by atoms with Gasteiger partial charge in [0.05, 0.1) is 17.6 Å². The van der Waals surface area contributed by atoms with E-state index in [1.54, 1.807) is 19.1 Å². The van der Waals surface area contributed by atoms with Gasteiger partial charge in [0.1, 0.15) is 0 Å². The number of rotatable bonds is 6. The molecule has 1 aromatic rings. The fourth-order valence-corrected chi connectivity index (χ4v) is 2.47. The minimum atomic E-state index is -3.48. The van der Waals surface area contributed by atoms with Crippen LogP contribution in [0.15, 0.2) is 23.1 Å². The average molecular weight is 272 g/mol. The molecule has 1 rings (SSSR count). The number of nitrogen functional groups attached to an aromatic ring is 1. The highest BCUT2D eigenvalue weighted by Gasteiger charge is 2.13. The summed E-state index contributed by atoms with van der Waals surface area (Å²) in [4.78, 5) is 0.221. The molecule has 0 atom stereocenters. The fourth-order valence-electron chi connectivity index (χ4n) is 1.37. The van der Waals surface area contributed by atoms with Gasteiger partial charge in [-0.1, -0.05) is 0 Å². The molecule has 0 amide bonds. The lowest BCUT2D eigenvalue weighted by Crippen LogP contribution is -2.28. The van der Waals surface area contributed by atoms with E-state index in [-0.39, 0.29) is 17.5 Å². The Morgan fingerprint density at radius 3 is 2.61 bits per heavy atom. The standard InChI is InChI=1S/C12H20N2O3S/c1-9(2)17-7-6-14-18(15,16)11-4-5-12(13)10(3)8-11/h4-5,8-9,14H,6-7,13H2,1-3H3. The topological polar surface area (TPSA) is 81.4 Å². The van der Waals surface area contributed by atoms with Crippen LogP contribution in [0.2, 0.25) is 0 Å². The minimum Gasteiger partial charge on any atom is -0.399 e. The Bertz CT molecular complexity index is 498. The second kappa shape index (κ2) is 6.17. The molecule has 0 aliphatic heterocycles. The first-order valence-electron chi connectivity index (χ1n) is 5.80. The largest absolute Gasteiger partial charge is 0.399 e. The third kappa shape index (κ3) is 4.29. The Hall–Kier alpha value is -1.11. The van der Waals surface area contributed by atoms with Gasteiger partial charge in [-0.25, -0.2) is 13.1 Å². The second-order valence-electron chi connectivity index (χ2n) is 4.34. The highest BCUT2D eigenvalue weighted by Crippen LogP contribution is 2.16. The van der Waals surface area contributed by atoms with Crippen LogP contribution in [-0.2, 0) is 14.8 Å². The summed E-state index contributed by atoms with van der Waals surface area (Å²) in [6, 6.07) is 4.64. The zero-order chi connectivity index (χ0) is 13.8. The SMILES string of the molecule is Cc1cc(S(=O)(=O)NCCOC(C)C)ccc1N. The molecule has 0 radical (unpaired) electrons. The lowest BCUT2D eigenvalue weighted by molar-refractivity contribution is 0.0834. The Kier molecular flexibility index (Phi) is 5.13. The van der Waals surface area contributed by atoms with Gasteiger partial charge in [0.25, 0.3) is 0 Å². The van der Waals surface area contributed by atoms with Crippen molar-refractivity contribution in [1.82, 2.24) is 4.72 Å². The van der Waals surface area contributed by atoms with Gasteiger partial charge in [0.2, 0.25) is 10.0 Å². The quantitative estimate of drug-likeness (QED) is 0.604. The number of sulfonamides is 1. The lowest BCUT2D eigenvalue weighted by Gasteiger charge is -2.10. The first kappa shape index (κ1) is 14.9. The van der Waals surface area contributed by atoms with Gasteiger partial charge in [0.15, 0.2) is 0 Å². The summed E-state index contributed by atoms with van der Waals surface area (Å²) in [7, 11) is -3.48. The molecule has 6 heteroatoms. The zero-order valence-electron chi connectivity index (χ0n) is 10.9. The Morgan fingerprint density at radius 1 is 1.39 bits per heavy atom. The Balaban J connectivity index is 2.66. The summed E-state index contributed by atoms with van der Waals surface area (Å²) in [5.74, 6) is 0. The normalized spacial score (nSPS) is 12.0. The molecule has 102 valence electrons. The minimum absolute atomic E-state index is 0.0910. The van der Waals surface area contributed by atoms with Gasteiger partial charge in [0, 0.05) is 12.2 Å². The van der Waals surface area contributed by atoms with Crippen LogP contribution in [0.25, 0.3) is 0 Å². The van der Waals surface area contributed by atoms with Crippen molar-refractivity contribution in [3.05, 3.63) is 23.8 Å². The maximum absolute atomic E-state index is 11.9. The van der Waals surface area contributed by atoms with Crippen LogP contribution < -0.4 is 10.5 Å². The van der Waals surface area contributed by atoms with Crippen molar-refractivity contribution < 1.29 is 13.2 Å². The molecule has 0 saturated heterocycles. The summed E-state index contributed by atoms with van der Waals surface area (Å²) in [6.45, 7) is 6.18. The fraction of sp³-hybridized carbons (Fsp3) is 0.500. The molecule has 1 aromatic carbocycles. The van der Waals surface area contributed by atoms with Crippen LogP contribution >= 0.6 is 0 Å². The zero-order valence-corrected chi connectivity index (χ0v) is 11.8. The van der Waals surface area contributed by atoms with Crippen molar-refractivity contribution in [1.29, 1.82) is 0 Å². The summed E-state index contributed by atoms with van der Waals surface area (Å²) in [5.41, 5.74) is 6.98. The van der Waals surface area contributed by atoms with E-state index in [4.69, 9.17) is 10.5 Å². The molecule has 0 saturated carbocycles. The highest BCUT2D eigenvalue weighted by molar-refractivity contribution is 7.89. The van der Waals surface area contributed by atoms with E-state index >= 15 is 0 Å². The highest BCUT2D eigenvalue weighted by atomic mass is 32.2. The van der Waals surface area contributed by atoms with Crippen LogP contribution in [-0.4, -0.2) is 27.7 Å². The van der Waals surface area contributed by atoms with E-state index in [0.717, 1.165) is 5.56 Å². The van der Waals surface area contributed by atoms with Crippen LogP contribution in [0.1, 0.15) is 19.4 Å². The van der Waals surface area contributed by atoms with E-state index in [2.05, 4.69) is 4.72 Å². The van der Waals surface area contributed by atoms with Crippen LogP contribution in [0.5, 0.6) is 0 Å². The van der Waals surface area contributed by atoms with E-state index in [1.165, 1.54) is 6.07 Å². The Morgan fingerprint density at radius 2 is 2.06 bits per heavy atom. The van der Waals surface area contributed by atoms with Gasteiger partial charge >= 0.3 is 0 Å². The molecule has 0 heterocycles.